The summed E-state index contributed by atoms with van der Waals surface area (Å²) < 4.78 is 65.6. The van der Waals surface area contributed by atoms with Crippen LogP contribution in [0.5, 0.6) is 0 Å². The number of likely N-dealkylation sites (tertiary alicyclic amines) is 1. The predicted molar refractivity (Wildman–Crippen MR) is 74.5 cm³/mol. The Morgan fingerprint density at radius 3 is 2.40 bits per heavy atom. The summed E-state index contributed by atoms with van der Waals surface area (Å²) in [7, 11) is 0. The van der Waals surface area contributed by atoms with E-state index in [1.54, 1.807) is 0 Å². The Labute approximate surface area is 139 Å². The van der Waals surface area contributed by atoms with Crippen molar-refractivity contribution in [3.05, 3.63) is 35.4 Å². The molecular formula is C16H14F5NO3. The summed E-state index contributed by atoms with van der Waals surface area (Å²) >= 11 is 0. The number of aliphatic carboxylic acids is 1. The first kappa shape index (κ1) is 17.6. The number of carbonyl (C=O) groups excluding carboxylic acids is 1. The lowest BCUT2D eigenvalue weighted by atomic mass is 9.86. The van der Waals surface area contributed by atoms with Crippen LogP contribution in [0.1, 0.15) is 24.3 Å². The number of carbonyl (C=O) groups is 2. The first-order valence-corrected chi connectivity index (χ1v) is 7.61. The lowest BCUT2D eigenvalue weighted by molar-refractivity contribution is -0.227. The largest absolute Gasteiger partial charge is 0.481 e. The zero-order valence-corrected chi connectivity index (χ0v) is 12.8. The van der Waals surface area contributed by atoms with E-state index in [9.17, 15) is 31.5 Å². The minimum Gasteiger partial charge on any atom is -0.481 e. The molecule has 0 bridgehead atoms. The van der Waals surface area contributed by atoms with Gasteiger partial charge >= 0.3 is 12.1 Å². The molecule has 2 aliphatic rings. The summed E-state index contributed by atoms with van der Waals surface area (Å²) in [5, 5.41) is 9.00. The van der Waals surface area contributed by atoms with E-state index in [1.807, 2.05) is 0 Å². The quantitative estimate of drug-likeness (QED) is 0.841. The van der Waals surface area contributed by atoms with E-state index >= 15 is 0 Å². The third kappa shape index (κ3) is 2.85. The Morgan fingerprint density at radius 2 is 1.88 bits per heavy atom. The van der Waals surface area contributed by atoms with Gasteiger partial charge in [0.1, 0.15) is 0 Å². The van der Waals surface area contributed by atoms with Crippen molar-refractivity contribution < 1.29 is 36.6 Å². The van der Waals surface area contributed by atoms with Gasteiger partial charge in [-0.05, 0) is 36.5 Å². The maximum absolute atomic E-state index is 13.3. The normalized spacial score (nSPS) is 28.9. The van der Waals surface area contributed by atoms with Crippen LogP contribution < -0.4 is 0 Å². The van der Waals surface area contributed by atoms with Crippen LogP contribution >= 0.6 is 0 Å². The van der Waals surface area contributed by atoms with Crippen molar-refractivity contribution in [2.75, 3.05) is 13.1 Å². The average Bonchev–Trinajstić information content (AvgIpc) is 3.16. The second-order valence-electron chi connectivity index (χ2n) is 6.52. The van der Waals surface area contributed by atoms with Crippen molar-refractivity contribution in [1.29, 1.82) is 0 Å². The van der Waals surface area contributed by atoms with Crippen molar-refractivity contribution >= 4 is 11.9 Å². The highest BCUT2D eigenvalue weighted by Crippen LogP contribution is 2.51. The molecule has 1 aromatic rings. The molecule has 136 valence electrons. The van der Waals surface area contributed by atoms with E-state index in [0.717, 1.165) is 17.0 Å². The van der Waals surface area contributed by atoms with E-state index in [0.29, 0.717) is 12.0 Å². The summed E-state index contributed by atoms with van der Waals surface area (Å²) in [5.74, 6) is -5.69. The molecule has 1 N–H and O–H groups in total. The van der Waals surface area contributed by atoms with Gasteiger partial charge in [0.2, 0.25) is 5.91 Å². The second kappa shape index (κ2) is 5.67. The molecule has 3 rings (SSSR count). The maximum Gasteiger partial charge on any atom is 0.406 e. The van der Waals surface area contributed by atoms with Crippen LogP contribution in [-0.4, -0.2) is 41.1 Å². The summed E-state index contributed by atoms with van der Waals surface area (Å²) in [4.78, 5) is 24.4. The van der Waals surface area contributed by atoms with Crippen molar-refractivity contribution in [2.24, 2.45) is 11.3 Å². The first-order valence-electron chi connectivity index (χ1n) is 7.61. The molecule has 3 unspecified atom stereocenters. The summed E-state index contributed by atoms with van der Waals surface area (Å²) in [6.07, 6.45) is -5.34. The van der Waals surface area contributed by atoms with Crippen LogP contribution in [0.25, 0.3) is 0 Å². The Morgan fingerprint density at radius 1 is 1.20 bits per heavy atom. The second-order valence-corrected chi connectivity index (χ2v) is 6.52. The minimum absolute atomic E-state index is 0.300. The van der Waals surface area contributed by atoms with Crippen LogP contribution in [0.15, 0.2) is 18.2 Å². The van der Waals surface area contributed by atoms with Gasteiger partial charge in [-0.1, -0.05) is 6.07 Å². The molecule has 1 aromatic carbocycles. The smallest absolute Gasteiger partial charge is 0.406 e. The summed E-state index contributed by atoms with van der Waals surface area (Å²) in [5.41, 5.74) is -2.55. The van der Waals surface area contributed by atoms with Crippen LogP contribution in [0.3, 0.4) is 0 Å². The highest BCUT2D eigenvalue weighted by atomic mass is 19.4. The third-order valence-corrected chi connectivity index (χ3v) is 5.01. The first-order chi connectivity index (χ1) is 11.6. The standard InChI is InChI=1S/C16H14F5NO3/c17-11-2-1-8(5-12(11)18)9-6-10(9)13(23)22-4-3-15(7-22,14(24)25)16(19,20)21/h1-2,5,9-10H,3-4,6-7H2,(H,24,25). The number of hydrogen-bond donors (Lipinski definition) is 1. The number of halogens is 5. The topological polar surface area (TPSA) is 57.6 Å². The fraction of sp³-hybridized carbons (Fsp3) is 0.500. The predicted octanol–water partition coefficient (Wildman–Crippen LogP) is 2.93. The molecule has 25 heavy (non-hydrogen) atoms. The van der Waals surface area contributed by atoms with E-state index in [4.69, 9.17) is 5.11 Å². The van der Waals surface area contributed by atoms with Gasteiger partial charge in [0.15, 0.2) is 17.0 Å². The van der Waals surface area contributed by atoms with Gasteiger partial charge < -0.3 is 10.0 Å². The monoisotopic (exact) mass is 363 g/mol. The summed E-state index contributed by atoms with van der Waals surface area (Å²) in [6.45, 7) is -1.22. The van der Waals surface area contributed by atoms with Gasteiger partial charge in [0.05, 0.1) is 0 Å². The molecular weight excluding hydrogens is 349 g/mol. The van der Waals surface area contributed by atoms with E-state index < -0.39 is 59.9 Å². The van der Waals surface area contributed by atoms with Gasteiger partial charge in [-0.15, -0.1) is 0 Å². The van der Waals surface area contributed by atoms with Crippen LogP contribution in [0.4, 0.5) is 22.0 Å². The van der Waals surface area contributed by atoms with E-state index in [-0.39, 0.29) is 6.54 Å². The van der Waals surface area contributed by atoms with E-state index in [1.165, 1.54) is 6.07 Å². The van der Waals surface area contributed by atoms with E-state index in [2.05, 4.69) is 0 Å². The number of alkyl halides is 3. The highest BCUT2D eigenvalue weighted by Gasteiger charge is 2.65. The van der Waals surface area contributed by atoms with Crippen molar-refractivity contribution in [2.45, 2.75) is 24.9 Å². The number of hydrogen-bond acceptors (Lipinski definition) is 2. The zero-order chi connectivity index (χ0) is 18.6. The number of amides is 1. The molecule has 0 radical (unpaired) electrons. The Kier molecular flexibility index (Phi) is 4.00. The van der Waals surface area contributed by atoms with Gasteiger partial charge in [-0.2, -0.15) is 13.2 Å². The third-order valence-electron chi connectivity index (χ3n) is 5.01. The Hall–Kier alpha value is -2.19. The molecule has 9 heteroatoms. The van der Waals surface area contributed by atoms with Gasteiger partial charge in [0.25, 0.3) is 0 Å². The number of carboxylic acid groups (broad SMARTS) is 1. The molecule has 2 fully saturated rings. The van der Waals surface area contributed by atoms with Gasteiger partial charge in [-0.25, -0.2) is 8.78 Å². The minimum atomic E-state index is -4.96. The van der Waals surface area contributed by atoms with Crippen molar-refractivity contribution in [3.63, 3.8) is 0 Å². The number of carboxylic acids is 1. The number of nitrogens with zero attached hydrogens (tertiary/aromatic N) is 1. The fourth-order valence-electron chi connectivity index (χ4n) is 3.34. The maximum atomic E-state index is 13.3. The lowest BCUT2D eigenvalue weighted by Gasteiger charge is -2.27. The van der Waals surface area contributed by atoms with Crippen LogP contribution in [0, 0.1) is 23.0 Å². The zero-order valence-electron chi connectivity index (χ0n) is 12.8. The number of benzene rings is 1. The SMILES string of the molecule is O=C(C1CC1c1ccc(F)c(F)c1)N1CCC(C(=O)O)(C(F)(F)F)C1. The van der Waals surface area contributed by atoms with Crippen LogP contribution in [0.2, 0.25) is 0 Å². The Bertz CT molecular complexity index is 735. The average molecular weight is 363 g/mol. The molecule has 4 nitrogen and oxygen atoms in total. The highest BCUT2D eigenvalue weighted by molar-refractivity contribution is 5.85. The fourth-order valence-corrected chi connectivity index (χ4v) is 3.34. The molecule has 1 amide bonds. The molecule has 1 saturated carbocycles. The molecule has 0 spiro atoms. The molecule has 0 aromatic heterocycles. The van der Waals surface area contributed by atoms with Gasteiger partial charge in [0, 0.05) is 19.0 Å². The van der Waals surface area contributed by atoms with Crippen molar-refractivity contribution in [1.82, 2.24) is 4.90 Å². The summed E-state index contributed by atoms with van der Waals surface area (Å²) in [6, 6.07) is 3.23. The van der Waals surface area contributed by atoms with Crippen molar-refractivity contribution in [3.8, 4) is 0 Å². The molecule has 1 aliphatic carbocycles. The van der Waals surface area contributed by atoms with Crippen LogP contribution in [-0.2, 0) is 9.59 Å². The molecule has 1 saturated heterocycles. The molecule has 1 aliphatic heterocycles. The van der Waals surface area contributed by atoms with Gasteiger partial charge in [-0.3, -0.25) is 9.59 Å². The molecule has 1 heterocycles. The lowest BCUT2D eigenvalue weighted by Crippen LogP contribution is -2.48. The Balaban J connectivity index is 1.71. The number of rotatable bonds is 3. The molecule has 3 atom stereocenters.